The topological polar surface area (TPSA) is 23.6 Å². The van der Waals surface area contributed by atoms with Crippen molar-refractivity contribution in [1.82, 2.24) is 9.80 Å². The van der Waals surface area contributed by atoms with Crippen LogP contribution in [0.4, 0.5) is 4.79 Å². The number of carbonyl (C=O) groups excluding carboxylic acids is 1. The van der Waals surface area contributed by atoms with Gasteiger partial charge in [0.25, 0.3) is 0 Å². The molecule has 1 rings (SSSR count). The molecule has 0 N–H and O–H groups in total. The molecule has 0 saturated heterocycles. The van der Waals surface area contributed by atoms with Crippen LogP contribution in [0.25, 0.3) is 0 Å². The average molecular weight is 140 g/mol. The Labute approximate surface area is 60.9 Å². The molecule has 2 amide bonds. The number of rotatable bonds is 0. The first-order valence-corrected chi connectivity index (χ1v) is 3.31. The van der Waals surface area contributed by atoms with Crippen molar-refractivity contribution in [3.63, 3.8) is 0 Å². The van der Waals surface area contributed by atoms with Crippen LogP contribution in [0.1, 0.15) is 6.92 Å². The predicted molar refractivity (Wildman–Crippen MR) is 39.5 cm³/mol. The van der Waals surface area contributed by atoms with Crippen LogP contribution in [0.5, 0.6) is 0 Å². The molecule has 1 aliphatic rings. The van der Waals surface area contributed by atoms with Crippen LogP contribution in [-0.2, 0) is 0 Å². The largest absolute Gasteiger partial charge is 0.323 e. The third-order valence-corrected chi connectivity index (χ3v) is 1.80. The minimum atomic E-state index is 0.0509. The van der Waals surface area contributed by atoms with Gasteiger partial charge in [-0.05, 0) is 13.0 Å². The molecule has 0 spiro atoms. The van der Waals surface area contributed by atoms with E-state index < -0.39 is 0 Å². The minimum Gasteiger partial charge on any atom is -0.321 e. The highest BCUT2D eigenvalue weighted by atomic mass is 16.2. The molecular weight excluding hydrogens is 128 g/mol. The lowest BCUT2D eigenvalue weighted by Crippen LogP contribution is -2.43. The van der Waals surface area contributed by atoms with Gasteiger partial charge in [0.15, 0.2) is 0 Å². The van der Waals surface area contributed by atoms with E-state index in [9.17, 15) is 4.79 Å². The van der Waals surface area contributed by atoms with Gasteiger partial charge in [-0.15, -0.1) is 0 Å². The van der Waals surface area contributed by atoms with E-state index in [0.29, 0.717) is 0 Å². The number of nitrogens with zero attached hydrogens (tertiary/aromatic N) is 2. The quantitative estimate of drug-likeness (QED) is 0.490. The first-order chi connectivity index (χ1) is 4.63. The summed E-state index contributed by atoms with van der Waals surface area (Å²) in [6.07, 6.45) is 3.79. The summed E-state index contributed by atoms with van der Waals surface area (Å²) in [5.41, 5.74) is 0. The van der Waals surface area contributed by atoms with Gasteiger partial charge in [0.2, 0.25) is 0 Å². The second-order valence-corrected chi connectivity index (χ2v) is 2.59. The summed E-state index contributed by atoms with van der Waals surface area (Å²) in [4.78, 5) is 14.4. The van der Waals surface area contributed by atoms with Crippen molar-refractivity contribution in [1.29, 1.82) is 0 Å². The monoisotopic (exact) mass is 140 g/mol. The van der Waals surface area contributed by atoms with Gasteiger partial charge in [-0.25, -0.2) is 4.79 Å². The number of hydrogen-bond acceptors (Lipinski definition) is 1. The second kappa shape index (κ2) is 2.33. The van der Waals surface area contributed by atoms with Crippen molar-refractivity contribution in [3.05, 3.63) is 12.3 Å². The molecule has 0 aromatic carbocycles. The van der Waals surface area contributed by atoms with Crippen LogP contribution in [0.3, 0.4) is 0 Å². The first kappa shape index (κ1) is 7.12. The van der Waals surface area contributed by atoms with Gasteiger partial charge in [-0.2, -0.15) is 0 Å². The lowest BCUT2D eigenvalue weighted by atomic mass is 10.2. The van der Waals surface area contributed by atoms with Gasteiger partial charge < -0.3 is 9.80 Å². The van der Waals surface area contributed by atoms with E-state index in [0.717, 1.165) is 0 Å². The molecule has 1 aliphatic heterocycles. The lowest BCUT2D eigenvalue weighted by Gasteiger charge is -2.30. The third-order valence-electron chi connectivity index (χ3n) is 1.80. The van der Waals surface area contributed by atoms with E-state index in [4.69, 9.17) is 0 Å². The second-order valence-electron chi connectivity index (χ2n) is 2.59. The van der Waals surface area contributed by atoms with E-state index in [2.05, 4.69) is 0 Å². The van der Waals surface area contributed by atoms with E-state index in [-0.39, 0.29) is 12.1 Å². The maximum Gasteiger partial charge on any atom is 0.323 e. The van der Waals surface area contributed by atoms with Crippen LogP contribution >= 0.6 is 0 Å². The van der Waals surface area contributed by atoms with Crippen molar-refractivity contribution in [3.8, 4) is 0 Å². The summed E-state index contributed by atoms with van der Waals surface area (Å²) in [6.45, 7) is 1.99. The zero-order valence-electron chi connectivity index (χ0n) is 6.53. The van der Waals surface area contributed by atoms with Crippen molar-refractivity contribution in [2.75, 3.05) is 14.1 Å². The summed E-state index contributed by atoms with van der Waals surface area (Å²) in [5, 5.41) is 0. The molecule has 0 aliphatic carbocycles. The maximum absolute atomic E-state index is 11.1. The summed E-state index contributed by atoms with van der Waals surface area (Å²) in [7, 11) is 3.55. The first-order valence-electron chi connectivity index (χ1n) is 3.31. The molecule has 3 heteroatoms. The number of likely N-dealkylation sites (N-methyl/N-ethyl adjacent to an activating group) is 1. The fourth-order valence-corrected chi connectivity index (χ4v) is 0.870. The average Bonchev–Trinajstić information content (AvgIpc) is 1.93. The fraction of sp³-hybridized carbons (Fsp3) is 0.571. The SMILES string of the molecule is C[C@H]1C=CN(C)C(=O)N1C. The van der Waals surface area contributed by atoms with Crippen LogP contribution in [0, 0.1) is 0 Å². The van der Waals surface area contributed by atoms with Crippen LogP contribution in [0.2, 0.25) is 0 Å². The molecule has 3 nitrogen and oxygen atoms in total. The van der Waals surface area contributed by atoms with Gasteiger partial charge in [0.05, 0.1) is 6.04 Å². The van der Waals surface area contributed by atoms with Gasteiger partial charge in [-0.1, -0.05) is 0 Å². The molecule has 10 heavy (non-hydrogen) atoms. The Balaban J connectivity index is 2.79. The van der Waals surface area contributed by atoms with E-state index in [1.807, 2.05) is 13.0 Å². The number of amides is 2. The minimum absolute atomic E-state index is 0.0509. The predicted octanol–water partition coefficient (Wildman–Crippen LogP) is 0.886. The summed E-state index contributed by atoms with van der Waals surface area (Å²) in [5.74, 6) is 0. The molecule has 56 valence electrons. The summed E-state index contributed by atoms with van der Waals surface area (Å²) in [6, 6.07) is 0.277. The third kappa shape index (κ3) is 0.988. The highest BCUT2D eigenvalue weighted by Gasteiger charge is 2.19. The Morgan fingerprint density at radius 3 is 2.60 bits per heavy atom. The van der Waals surface area contributed by atoms with Crippen molar-refractivity contribution >= 4 is 6.03 Å². The molecule has 0 aromatic rings. The Kier molecular flexibility index (Phi) is 1.66. The molecule has 1 atom stereocenters. The fourth-order valence-electron chi connectivity index (χ4n) is 0.870. The number of urea groups is 1. The molecule has 0 bridgehead atoms. The van der Waals surface area contributed by atoms with Gasteiger partial charge in [0.1, 0.15) is 0 Å². The Morgan fingerprint density at radius 2 is 2.10 bits per heavy atom. The Hall–Kier alpha value is -0.990. The normalized spacial score (nSPS) is 25.9. The van der Waals surface area contributed by atoms with Crippen molar-refractivity contribution < 1.29 is 4.79 Å². The zero-order valence-corrected chi connectivity index (χ0v) is 6.53. The molecule has 0 fully saturated rings. The highest BCUT2D eigenvalue weighted by Crippen LogP contribution is 2.07. The van der Waals surface area contributed by atoms with Gasteiger partial charge in [0, 0.05) is 20.3 Å². The molecular formula is C7H12N2O. The van der Waals surface area contributed by atoms with Crippen LogP contribution < -0.4 is 0 Å². The van der Waals surface area contributed by atoms with E-state index in [1.165, 1.54) is 0 Å². The summed E-state index contributed by atoms with van der Waals surface area (Å²) >= 11 is 0. The van der Waals surface area contributed by atoms with E-state index >= 15 is 0 Å². The van der Waals surface area contributed by atoms with Gasteiger partial charge >= 0.3 is 6.03 Å². The molecule has 1 heterocycles. The van der Waals surface area contributed by atoms with Crippen LogP contribution in [-0.4, -0.2) is 36.0 Å². The van der Waals surface area contributed by atoms with Gasteiger partial charge in [-0.3, -0.25) is 0 Å². The maximum atomic E-state index is 11.1. The van der Waals surface area contributed by atoms with Crippen LogP contribution in [0.15, 0.2) is 12.3 Å². The molecule has 0 unspecified atom stereocenters. The lowest BCUT2D eigenvalue weighted by molar-refractivity contribution is 0.174. The number of hydrogen-bond donors (Lipinski definition) is 0. The summed E-state index contributed by atoms with van der Waals surface area (Å²) < 4.78 is 0. The molecule has 0 radical (unpaired) electrons. The highest BCUT2D eigenvalue weighted by molar-refractivity contribution is 5.76. The molecule has 0 aromatic heterocycles. The Morgan fingerprint density at radius 1 is 1.50 bits per heavy atom. The zero-order chi connectivity index (χ0) is 7.72. The smallest absolute Gasteiger partial charge is 0.321 e. The molecule has 0 saturated carbocycles. The van der Waals surface area contributed by atoms with Crippen molar-refractivity contribution in [2.24, 2.45) is 0 Å². The standard InChI is InChI=1S/C7H12N2O/c1-6-4-5-8(2)7(10)9(6)3/h4-6H,1-3H3/t6-/m0/s1. The van der Waals surface area contributed by atoms with E-state index in [1.54, 1.807) is 30.1 Å². The Bertz CT molecular complexity index is 176. The van der Waals surface area contributed by atoms with Crippen molar-refractivity contribution in [2.45, 2.75) is 13.0 Å². The number of carbonyl (C=O) groups is 1.